The van der Waals surface area contributed by atoms with Gasteiger partial charge in [0.15, 0.2) is 11.5 Å². The third kappa shape index (κ3) is 3.60. The van der Waals surface area contributed by atoms with Gasteiger partial charge in [-0.25, -0.2) is 4.79 Å². The second-order valence-corrected chi connectivity index (χ2v) is 8.22. The fourth-order valence-electron chi connectivity index (χ4n) is 3.97. The normalized spacial score (nSPS) is 18.0. The number of carbonyl (C=O) groups excluding carboxylic acids is 1. The summed E-state index contributed by atoms with van der Waals surface area (Å²) in [5, 5.41) is 6.12. The van der Waals surface area contributed by atoms with E-state index < -0.39 is 5.76 Å². The number of thiophene rings is 1. The third-order valence-electron chi connectivity index (χ3n) is 5.40. The van der Waals surface area contributed by atoms with Crippen LogP contribution in [0.25, 0.3) is 10.8 Å². The fourth-order valence-corrected chi connectivity index (χ4v) is 4.62. The van der Waals surface area contributed by atoms with Crippen LogP contribution in [0.3, 0.4) is 0 Å². The molecular formula is C21H21N3O5S. The van der Waals surface area contributed by atoms with Crippen molar-refractivity contribution in [3.05, 3.63) is 51.8 Å². The number of hydrogen-bond acceptors (Lipinski definition) is 7. The Bertz CT molecular complexity index is 1100. The van der Waals surface area contributed by atoms with Crippen molar-refractivity contribution in [3.8, 4) is 22.3 Å². The van der Waals surface area contributed by atoms with Gasteiger partial charge in [0.05, 0.1) is 17.5 Å². The number of fused-ring (bicyclic) bond motifs is 1. The molecule has 1 atom stereocenters. The molecule has 1 aromatic carbocycles. The van der Waals surface area contributed by atoms with Crippen LogP contribution in [-0.2, 0) is 11.3 Å². The number of rotatable bonds is 5. The van der Waals surface area contributed by atoms with Gasteiger partial charge in [-0.05, 0) is 42.0 Å². The quantitative estimate of drug-likeness (QED) is 0.622. The standard InChI is InChI=1S/C21H21N3O5S/c25-19(7-9-24-21(26)29-20(22-24)18-4-2-12-30-18)23-8-1-3-15(23)14-5-6-16-17(13-14)28-11-10-27-16/h2,4-6,12-13,15H,1,3,7-11H2. The number of aromatic nitrogens is 2. The summed E-state index contributed by atoms with van der Waals surface area (Å²) in [6.07, 6.45) is 2.03. The summed E-state index contributed by atoms with van der Waals surface area (Å²) in [4.78, 5) is 27.7. The Hall–Kier alpha value is -3.07. The molecule has 0 saturated carbocycles. The lowest BCUT2D eigenvalue weighted by Gasteiger charge is -2.26. The number of amides is 1. The summed E-state index contributed by atoms with van der Waals surface area (Å²) in [5.41, 5.74) is 1.05. The van der Waals surface area contributed by atoms with E-state index in [2.05, 4.69) is 5.10 Å². The van der Waals surface area contributed by atoms with E-state index in [0.29, 0.717) is 19.8 Å². The topological polar surface area (TPSA) is 86.8 Å². The van der Waals surface area contributed by atoms with Crippen molar-refractivity contribution in [3.63, 3.8) is 0 Å². The van der Waals surface area contributed by atoms with E-state index in [1.165, 1.54) is 16.0 Å². The highest BCUT2D eigenvalue weighted by molar-refractivity contribution is 7.13. The van der Waals surface area contributed by atoms with Crippen LogP contribution in [0, 0.1) is 0 Å². The number of benzene rings is 1. The number of carbonyl (C=O) groups is 1. The van der Waals surface area contributed by atoms with Gasteiger partial charge in [0, 0.05) is 13.0 Å². The molecule has 30 heavy (non-hydrogen) atoms. The van der Waals surface area contributed by atoms with Crippen LogP contribution in [0.2, 0.25) is 0 Å². The molecule has 2 aliphatic rings. The van der Waals surface area contributed by atoms with Crippen molar-refractivity contribution in [1.29, 1.82) is 0 Å². The molecule has 5 rings (SSSR count). The summed E-state index contributed by atoms with van der Waals surface area (Å²) < 4.78 is 17.7. The van der Waals surface area contributed by atoms with Crippen molar-refractivity contribution in [1.82, 2.24) is 14.7 Å². The average Bonchev–Trinajstić information content (AvgIpc) is 3.52. The zero-order valence-corrected chi connectivity index (χ0v) is 17.1. The number of nitrogens with zero attached hydrogens (tertiary/aromatic N) is 3. The number of likely N-dealkylation sites (tertiary alicyclic amines) is 1. The van der Waals surface area contributed by atoms with E-state index in [1.807, 2.05) is 40.6 Å². The van der Waals surface area contributed by atoms with Crippen LogP contribution in [0.15, 0.2) is 44.9 Å². The Morgan fingerprint density at radius 1 is 1.20 bits per heavy atom. The molecule has 1 unspecified atom stereocenters. The first kappa shape index (κ1) is 18.9. The maximum atomic E-state index is 12.9. The van der Waals surface area contributed by atoms with Crippen LogP contribution in [0.5, 0.6) is 11.5 Å². The molecule has 0 spiro atoms. The molecule has 3 aromatic rings. The smallest absolute Gasteiger partial charge is 0.437 e. The van der Waals surface area contributed by atoms with Gasteiger partial charge in [0.2, 0.25) is 5.91 Å². The van der Waals surface area contributed by atoms with Crippen LogP contribution < -0.4 is 15.2 Å². The van der Waals surface area contributed by atoms with E-state index in [0.717, 1.165) is 34.8 Å². The third-order valence-corrected chi connectivity index (χ3v) is 6.26. The first-order chi connectivity index (χ1) is 14.7. The van der Waals surface area contributed by atoms with Gasteiger partial charge in [-0.15, -0.1) is 16.4 Å². The second-order valence-electron chi connectivity index (χ2n) is 7.27. The SMILES string of the molecule is O=C(CCn1nc(-c2cccs2)oc1=O)N1CCCC1c1ccc2c(c1)OCCO2. The van der Waals surface area contributed by atoms with Gasteiger partial charge in [0.1, 0.15) is 13.2 Å². The lowest BCUT2D eigenvalue weighted by atomic mass is 10.0. The minimum atomic E-state index is -0.545. The van der Waals surface area contributed by atoms with E-state index >= 15 is 0 Å². The molecule has 0 aliphatic carbocycles. The van der Waals surface area contributed by atoms with E-state index in [9.17, 15) is 9.59 Å². The molecule has 1 saturated heterocycles. The summed E-state index contributed by atoms with van der Waals surface area (Å²) in [6.45, 7) is 1.97. The Morgan fingerprint density at radius 2 is 2.07 bits per heavy atom. The molecule has 0 N–H and O–H groups in total. The van der Waals surface area contributed by atoms with Gasteiger partial charge in [-0.3, -0.25) is 4.79 Å². The molecule has 1 amide bonds. The Morgan fingerprint density at radius 3 is 2.90 bits per heavy atom. The Kier molecular flexibility index (Phi) is 5.04. The van der Waals surface area contributed by atoms with Crippen molar-refractivity contribution >= 4 is 17.2 Å². The van der Waals surface area contributed by atoms with Crippen LogP contribution in [-0.4, -0.2) is 40.3 Å². The maximum absolute atomic E-state index is 12.9. The van der Waals surface area contributed by atoms with Crippen LogP contribution in [0.4, 0.5) is 0 Å². The van der Waals surface area contributed by atoms with Gasteiger partial charge in [-0.2, -0.15) is 4.68 Å². The number of ether oxygens (including phenoxy) is 2. The molecular weight excluding hydrogens is 406 g/mol. The predicted octanol–water partition coefficient (Wildman–Crippen LogP) is 3.09. The lowest BCUT2D eigenvalue weighted by Crippen LogP contribution is -2.32. The molecule has 4 heterocycles. The highest BCUT2D eigenvalue weighted by Gasteiger charge is 2.30. The molecule has 1 fully saturated rings. The minimum absolute atomic E-state index is 0.0000346. The second kappa shape index (κ2) is 7.98. The monoisotopic (exact) mass is 427 g/mol. The summed E-state index contributed by atoms with van der Waals surface area (Å²) >= 11 is 1.45. The highest BCUT2D eigenvalue weighted by Crippen LogP contribution is 2.38. The lowest BCUT2D eigenvalue weighted by molar-refractivity contribution is -0.132. The van der Waals surface area contributed by atoms with Gasteiger partial charge < -0.3 is 18.8 Å². The van der Waals surface area contributed by atoms with Gasteiger partial charge in [0.25, 0.3) is 5.89 Å². The maximum Gasteiger partial charge on any atom is 0.437 e. The van der Waals surface area contributed by atoms with Gasteiger partial charge in [-0.1, -0.05) is 12.1 Å². The first-order valence-corrected chi connectivity index (χ1v) is 10.9. The largest absolute Gasteiger partial charge is 0.486 e. The van der Waals surface area contributed by atoms with E-state index in [4.69, 9.17) is 13.9 Å². The zero-order valence-electron chi connectivity index (χ0n) is 16.3. The molecule has 8 nitrogen and oxygen atoms in total. The average molecular weight is 427 g/mol. The molecule has 0 radical (unpaired) electrons. The van der Waals surface area contributed by atoms with Crippen LogP contribution in [0.1, 0.15) is 30.9 Å². The summed E-state index contributed by atoms with van der Waals surface area (Å²) in [7, 11) is 0. The fraction of sp³-hybridized carbons (Fsp3) is 0.381. The first-order valence-electron chi connectivity index (χ1n) is 10.00. The Balaban J connectivity index is 1.27. The molecule has 2 aliphatic heterocycles. The summed E-state index contributed by atoms with van der Waals surface area (Å²) in [5.74, 6) is 1.22. The molecule has 156 valence electrons. The Labute approximate surface area is 176 Å². The van der Waals surface area contributed by atoms with E-state index in [-0.39, 0.29) is 30.8 Å². The van der Waals surface area contributed by atoms with Crippen molar-refractivity contribution < 1.29 is 18.7 Å². The highest BCUT2D eigenvalue weighted by atomic mass is 32.1. The summed E-state index contributed by atoms with van der Waals surface area (Å²) in [6, 6.07) is 9.59. The predicted molar refractivity (Wildman–Crippen MR) is 110 cm³/mol. The minimum Gasteiger partial charge on any atom is -0.486 e. The zero-order chi connectivity index (χ0) is 20.5. The van der Waals surface area contributed by atoms with Gasteiger partial charge >= 0.3 is 5.76 Å². The van der Waals surface area contributed by atoms with E-state index in [1.54, 1.807) is 0 Å². The van der Waals surface area contributed by atoms with Crippen molar-refractivity contribution in [2.75, 3.05) is 19.8 Å². The molecule has 9 heteroatoms. The number of hydrogen-bond donors (Lipinski definition) is 0. The van der Waals surface area contributed by atoms with Crippen LogP contribution >= 0.6 is 11.3 Å². The van der Waals surface area contributed by atoms with Crippen molar-refractivity contribution in [2.45, 2.75) is 31.8 Å². The molecule has 2 aromatic heterocycles. The number of aryl methyl sites for hydroxylation is 1. The molecule has 0 bridgehead atoms. The van der Waals surface area contributed by atoms with Crippen molar-refractivity contribution in [2.24, 2.45) is 0 Å².